The van der Waals surface area contributed by atoms with Crippen molar-refractivity contribution in [3.63, 3.8) is 0 Å². The van der Waals surface area contributed by atoms with E-state index in [9.17, 15) is 19.8 Å². The Labute approximate surface area is 185 Å². The summed E-state index contributed by atoms with van der Waals surface area (Å²) in [5.74, 6) is -1.80. The number of phenolic OH excluding ortho intramolecular Hbond substituents is 1. The van der Waals surface area contributed by atoms with Crippen LogP contribution >= 0.6 is 0 Å². The van der Waals surface area contributed by atoms with Crippen LogP contribution in [0.25, 0.3) is 11.4 Å². The molecule has 1 aliphatic heterocycles. The first-order chi connectivity index (χ1) is 15.3. The summed E-state index contributed by atoms with van der Waals surface area (Å²) in [6.45, 7) is 4.39. The van der Waals surface area contributed by atoms with Crippen LogP contribution in [0, 0.1) is 13.8 Å². The number of aliphatic hydroxyl groups excluding tert-OH is 1. The third-order valence-corrected chi connectivity index (χ3v) is 5.78. The van der Waals surface area contributed by atoms with Crippen molar-refractivity contribution in [1.82, 2.24) is 14.3 Å². The Morgan fingerprint density at radius 2 is 1.97 bits per heavy atom. The summed E-state index contributed by atoms with van der Waals surface area (Å²) >= 11 is 0. The van der Waals surface area contributed by atoms with Gasteiger partial charge in [0, 0.05) is 26.5 Å². The van der Waals surface area contributed by atoms with Crippen molar-refractivity contribution in [2.75, 3.05) is 20.3 Å². The largest absolute Gasteiger partial charge is 0.508 e. The number of nitrogens with zero attached hydrogens (tertiary/aromatic N) is 3. The Morgan fingerprint density at radius 3 is 2.66 bits per heavy atom. The Bertz CT molecular complexity index is 1240. The number of likely N-dealkylation sites (tertiary alicyclic amines) is 1. The molecule has 0 saturated carbocycles. The number of aliphatic hydroxyl groups is 1. The smallest absolute Gasteiger partial charge is 0.295 e. The number of carbonyl (C=O) groups is 2. The molecular weight excluding hydrogens is 410 g/mol. The summed E-state index contributed by atoms with van der Waals surface area (Å²) in [5.41, 5.74) is 2.97. The lowest BCUT2D eigenvalue weighted by Gasteiger charge is -2.25. The zero-order valence-electron chi connectivity index (χ0n) is 18.2. The van der Waals surface area contributed by atoms with Crippen LogP contribution in [0.2, 0.25) is 0 Å². The van der Waals surface area contributed by atoms with Crippen LogP contribution in [0.5, 0.6) is 5.75 Å². The van der Waals surface area contributed by atoms with Gasteiger partial charge in [0.15, 0.2) is 5.76 Å². The number of aromatic nitrogens is 2. The van der Waals surface area contributed by atoms with Crippen LogP contribution in [0.3, 0.4) is 0 Å². The highest BCUT2D eigenvalue weighted by Gasteiger charge is 2.46. The number of Topliss-reactive ketones (excluding diaryl/α,β-unsaturated/α-hetero) is 1. The predicted octanol–water partition coefficient (Wildman–Crippen LogP) is 3.11. The molecule has 4 rings (SSSR count). The van der Waals surface area contributed by atoms with Gasteiger partial charge in [-0.3, -0.25) is 9.59 Å². The van der Waals surface area contributed by atoms with E-state index in [0.29, 0.717) is 29.9 Å². The van der Waals surface area contributed by atoms with E-state index in [1.165, 1.54) is 17.0 Å². The highest BCUT2D eigenvalue weighted by atomic mass is 16.5. The molecule has 0 radical (unpaired) electrons. The normalized spacial score (nSPS) is 18.1. The lowest BCUT2D eigenvalue weighted by Crippen LogP contribution is -2.31. The van der Waals surface area contributed by atoms with Gasteiger partial charge in [0.05, 0.1) is 17.3 Å². The number of pyridine rings is 1. The molecule has 2 N–H and O–H groups in total. The molecule has 32 heavy (non-hydrogen) atoms. The van der Waals surface area contributed by atoms with E-state index in [0.717, 1.165) is 5.56 Å². The van der Waals surface area contributed by atoms with Crippen LogP contribution in [0.1, 0.15) is 35.0 Å². The summed E-state index contributed by atoms with van der Waals surface area (Å²) in [4.78, 5) is 32.0. The molecule has 2 aromatic heterocycles. The van der Waals surface area contributed by atoms with Gasteiger partial charge in [-0.25, -0.2) is 4.98 Å². The number of phenols is 1. The van der Waals surface area contributed by atoms with Crippen LogP contribution in [-0.4, -0.2) is 56.4 Å². The van der Waals surface area contributed by atoms with Gasteiger partial charge >= 0.3 is 0 Å². The summed E-state index contributed by atoms with van der Waals surface area (Å²) in [7, 11) is 1.56. The molecule has 166 valence electrons. The van der Waals surface area contributed by atoms with E-state index in [4.69, 9.17) is 4.74 Å². The van der Waals surface area contributed by atoms with E-state index < -0.39 is 17.7 Å². The van der Waals surface area contributed by atoms with Gasteiger partial charge in [0.25, 0.3) is 11.7 Å². The number of ether oxygens (including phenoxy) is 1. The second-order valence-electron chi connectivity index (χ2n) is 7.86. The van der Waals surface area contributed by atoms with E-state index in [2.05, 4.69) is 4.98 Å². The molecule has 0 aliphatic carbocycles. The van der Waals surface area contributed by atoms with Gasteiger partial charge in [-0.15, -0.1) is 0 Å². The fraction of sp³-hybridized carbons (Fsp3) is 0.292. The van der Waals surface area contributed by atoms with Crippen molar-refractivity contribution in [2.45, 2.75) is 26.3 Å². The quantitative estimate of drug-likeness (QED) is 0.267. The monoisotopic (exact) mass is 435 g/mol. The molecule has 3 heterocycles. The molecule has 3 aromatic rings. The molecule has 1 fully saturated rings. The first-order valence-electron chi connectivity index (χ1n) is 10.4. The lowest BCUT2D eigenvalue weighted by atomic mass is 9.96. The molecule has 1 aromatic carbocycles. The number of amides is 1. The molecule has 1 atom stereocenters. The van der Waals surface area contributed by atoms with Crippen molar-refractivity contribution in [3.8, 4) is 5.75 Å². The third-order valence-electron chi connectivity index (χ3n) is 5.78. The number of ketones is 1. The predicted molar refractivity (Wildman–Crippen MR) is 118 cm³/mol. The minimum atomic E-state index is -0.843. The number of fused-ring (bicyclic) bond motifs is 1. The minimum absolute atomic E-state index is 0.00418. The van der Waals surface area contributed by atoms with Crippen molar-refractivity contribution in [1.29, 1.82) is 0 Å². The van der Waals surface area contributed by atoms with Crippen LogP contribution in [0.15, 0.2) is 48.2 Å². The highest BCUT2D eigenvalue weighted by Crippen LogP contribution is 2.40. The fourth-order valence-electron chi connectivity index (χ4n) is 4.21. The van der Waals surface area contributed by atoms with Crippen molar-refractivity contribution < 1.29 is 24.5 Å². The topological polar surface area (TPSA) is 104 Å². The maximum atomic E-state index is 13.1. The molecule has 0 bridgehead atoms. The molecule has 1 unspecified atom stereocenters. The first kappa shape index (κ1) is 21.6. The van der Waals surface area contributed by atoms with Crippen molar-refractivity contribution in [2.24, 2.45) is 0 Å². The van der Waals surface area contributed by atoms with Crippen LogP contribution < -0.4 is 0 Å². The molecule has 1 amide bonds. The van der Waals surface area contributed by atoms with Crippen molar-refractivity contribution in [3.05, 3.63) is 70.7 Å². The average Bonchev–Trinajstić information content (AvgIpc) is 3.24. The van der Waals surface area contributed by atoms with Crippen molar-refractivity contribution >= 4 is 23.1 Å². The number of carbonyl (C=O) groups excluding carboxylic acids is 2. The molecule has 1 aliphatic rings. The van der Waals surface area contributed by atoms with Gasteiger partial charge in [0.1, 0.15) is 17.1 Å². The Morgan fingerprint density at radius 1 is 1.19 bits per heavy atom. The minimum Gasteiger partial charge on any atom is -0.508 e. The number of hydrogen-bond donors (Lipinski definition) is 2. The van der Waals surface area contributed by atoms with Gasteiger partial charge in [-0.2, -0.15) is 0 Å². The zero-order valence-corrected chi connectivity index (χ0v) is 18.2. The fourth-order valence-corrected chi connectivity index (χ4v) is 4.21. The Kier molecular flexibility index (Phi) is 5.71. The summed E-state index contributed by atoms with van der Waals surface area (Å²) < 4.78 is 6.93. The van der Waals surface area contributed by atoms with Gasteiger partial charge in [-0.05, 0) is 49.6 Å². The number of aromatic hydroxyl groups is 1. The van der Waals surface area contributed by atoms with Gasteiger partial charge in [0.2, 0.25) is 0 Å². The highest BCUT2D eigenvalue weighted by molar-refractivity contribution is 6.46. The number of rotatable bonds is 6. The SMILES string of the molecule is COCCCN1C(=O)C(=O)/C(=C(/O)c2nc3c(C)cccn3c2C)C1c1cccc(O)c1. The van der Waals surface area contributed by atoms with Crippen LogP contribution in [-0.2, 0) is 14.3 Å². The number of methoxy groups -OCH3 is 1. The number of aryl methyl sites for hydroxylation is 2. The number of hydrogen-bond acceptors (Lipinski definition) is 6. The molecule has 1 saturated heterocycles. The molecule has 8 nitrogen and oxygen atoms in total. The number of benzene rings is 1. The summed E-state index contributed by atoms with van der Waals surface area (Å²) in [6, 6.07) is 9.30. The third kappa shape index (κ3) is 3.52. The molecule has 0 spiro atoms. The van der Waals surface area contributed by atoms with E-state index in [-0.39, 0.29) is 29.3 Å². The Balaban J connectivity index is 1.91. The summed E-state index contributed by atoms with van der Waals surface area (Å²) in [6.07, 6.45) is 2.35. The van der Waals surface area contributed by atoms with E-state index in [1.54, 1.807) is 26.2 Å². The zero-order chi connectivity index (χ0) is 23.0. The lowest BCUT2D eigenvalue weighted by molar-refractivity contribution is -0.140. The summed E-state index contributed by atoms with van der Waals surface area (Å²) in [5, 5.41) is 21.3. The van der Waals surface area contributed by atoms with E-state index in [1.807, 2.05) is 29.7 Å². The maximum absolute atomic E-state index is 13.1. The molecular formula is C24H25N3O5. The second kappa shape index (κ2) is 8.47. The standard InChI is InChI=1S/C24H25N3O5/c1-14-7-5-10-26-15(2)19(25-23(14)26)21(29)18-20(16-8-4-9-17(28)13-16)27(11-6-12-32-3)24(31)22(18)30/h4-5,7-10,13,20,28-29H,6,11-12H2,1-3H3/b21-18+. The molecule has 8 heteroatoms. The number of imidazole rings is 1. The first-order valence-corrected chi connectivity index (χ1v) is 10.4. The van der Waals surface area contributed by atoms with Gasteiger partial charge in [-0.1, -0.05) is 18.2 Å². The Hall–Kier alpha value is -3.65. The van der Waals surface area contributed by atoms with Gasteiger partial charge < -0.3 is 24.3 Å². The average molecular weight is 435 g/mol. The maximum Gasteiger partial charge on any atom is 0.295 e. The second-order valence-corrected chi connectivity index (χ2v) is 7.86. The van der Waals surface area contributed by atoms with E-state index >= 15 is 0 Å². The van der Waals surface area contributed by atoms with Crippen LogP contribution in [0.4, 0.5) is 0 Å².